The number of nitrogens with zero attached hydrogens (tertiary/aromatic N) is 2. The van der Waals surface area contributed by atoms with Gasteiger partial charge in [-0.15, -0.1) is 6.42 Å². The molecule has 0 fully saturated rings. The molecule has 0 spiro atoms. The first-order valence-corrected chi connectivity index (χ1v) is 9.15. The van der Waals surface area contributed by atoms with E-state index in [0.717, 1.165) is 22.4 Å². The molecular weight excluding hydrogens is 370 g/mol. The third-order valence-corrected chi connectivity index (χ3v) is 4.81. The van der Waals surface area contributed by atoms with Crippen molar-refractivity contribution in [2.24, 2.45) is 7.05 Å². The summed E-state index contributed by atoms with van der Waals surface area (Å²) in [4.78, 5) is 22.3. The van der Waals surface area contributed by atoms with E-state index in [4.69, 9.17) is 16.4 Å². The van der Waals surface area contributed by atoms with Gasteiger partial charge in [0.25, 0.3) is 5.91 Å². The molecule has 1 amide bonds. The van der Waals surface area contributed by atoms with Gasteiger partial charge in [0.15, 0.2) is 0 Å². The fourth-order valence-electron chi connectivity index (χ4n) is 3.24. The fraction of sp³-hybridized carbons (Fsp3) is 0.273. The summed E-state index contributed by atoms with van der Waals surface area (Å²) in [6, 6.07) is 9.38. The number of aryl methyl sites for hydroxylation is 2. The highest BCUT2D eigenvalue weighted by atomic mass is 16.7. The summed E-state index contributed by atoms with van der Waals surface area (Å²) in [5, 5.41) is 19.0. The Morgan fingerprint density at radius 1 is 1.41 bits per heavy atom. The molecule has 1 aromatic carbocycles. The van der Waals surface area contributed by atoms with E-state index in [1.165, 1.54) is 0 Å². The van der Waals surface area contributed by atoms with Crippen molar-refractivity contribution in [3.8, 4) is 12.3 Å². The molecule has 29 heavy (non-hydrogen) atoms. The lowest BCUT2D eigenvalue weighted by Crippen LogP contribution is -2.30. The van der Waals surface area contributed by atoms with Crippen LogP contribution in [0, 0.1) is 19.3 Å². The number of rotatable bonds is 7. The van der Waals surface area contributed by atoms with Crippen molar-refractivity contribution in [2.75, 3.05) is 13.2 Å². The lowest BCUT2D eigenvalue weighted by Gasteiger charge is -2.12. The van der Waals surface area contributed by atoms with E-state index in [-0.39, 0.29) is 6.61 Å². The maximum atomic E-state index is 12.9. The van der Waals surface area contributed by atoms with Crippen molar-refractivity contribution in [1.29, 1.82) is 0 Å². The SMILES string of the molecule is C#Cc1ccc(Cc2c(C(=O)NOC[C@@H](O)CO)c3cccnc3n2C)c(C)c1. The second-order valence-electron chi connectivity index (χ2n) is 6.80. The summed E-state index contributed by atoms with van der Waals surface area (Å²) < 4.78 is 1.89. The quantitative estimate of drug-likeness (QED) is 0.417. The summed E-state index contributed by atoms with van der Waals surface area (Å²) in [6.07, 6.45) is 6.59. The molecular formula is C22H23N3O4. The fourth-order valence-corrected chi connectivity index (χ4v) is 3.24. The maximum absolute atomic E-state index is 12.9. The third kappa shape index (κ3) is 4.30. The van der Waals surface area contributed by atoms with Crippen LogP contribution in [-0.4, -0.2) is 45.0 Å². The van der Waals surface area contributed by atoms with Gasteiger partial charge in [0, 0.05) is 36.3 Å². The van der Waals surface area contributed by atoms with E-state index in [9.17, 15) is 9.90 Å². The lowest BCUT2D eigenvalue weighted by atomic mass is 9.99. The van der Waals surface area contributed by atoms with Crippen LogP contribution in [0.25, 0.3) is 11.0 Å². The molecule has 1 atom stereocenters. The van der Waals surface area contributed by atoms with Crippen LogP contribution in [0.15, 0.2) is 36.5 Å². The van der Waals surface area contributed by atoms with Gasteiger partial charge in [0.05, 0.1) is 12.2 Å². The summed E-state index contributed by atoms with van der Waals surface area (Å²) in [5.74, 6) is 2.18. The summed E-state index contributed by atoms with van der Waals surface area (Å²) >= 11 is 0. The van der Waals surface area contributed by atoms with Gasteiger partial charge in [0.1, 0.15) is 18.4 Å². The van der Waals surface area contributed by atoms with Gasteiger partial charge in [-0.2, -0.15) is 0 Å². The largest absolute Gasteiger partial charge is 0.394 e. The van der Waals surface area contributed by atoms with Gasteiger partial charge in [-0.05, 0) is 42.3 Å². The van der Waals surface area contributed by atoms with E-state index >= 15 is 0 Å². The molecule has 2 heterocycles. The van der Waals surface area contributed by atoms with E-state index in [1.54, 1.807) is 12.3 Å². The van der Waals surface area contributed by atoms with Crippen LogP contribution >= 0.6 is 0 Å². The van der Waals surface area contributed by atoms with Gasteiger partial charge in [-0.25, -0.2) is 10.5 Å². The number of amides is 1. The number of aliphatic hydroxyl groups excluding tert-OH is 2. The van der Waals surface area contributed by atoms with Gasteiger partial charge >= 0.3 is 0 Å². The molecule has 3 N–H and O–H groups in total. The van der Waals surface area contributed by atoms with E-state index in [0.29, 0.717) is 23.0 Å². The molecule has 0 bridgehead atoms. The van der Waals surface area contributed by atoms with E-state index in [2.05, 4.69) is 16.4 Å². The summed E-state index contributed by atoms with van der Waals surface area (Å²) in [6.45, 7) is 1.32. The van der Waals surface area contributed by atoms with E-state index in [1.807, 2.05) is 42.8 Å². The molecule has 0 saturated carbocycles. The Balaban J connectivity index is 1.98. The van der Waals surface area contributed by atoms with Crippen molar-refractivity contribution >= 4 is 16.9 Å². The highest BCUT2D eigenvalue weighted by Crippen LogP contribution is 2.27. The topological polar surface area (TPSA) is 96.6 Å². The Labute approximate surface area is 168 Å². The first-order valence-electron chi connectivity index (χ1n) is 9.15. The zero-order chi connectivity index (χ0) is 21.0. The maximum Gasteiger partial charge on any atom is 0.277 e. The van der Waals surface area contributed by atoms with Gasteiger partial charge in [-0.1, -0.05) is 12.0 Å². The molecule has 3 aromatic rings. The number of nitrogens with one attached hydrogen (secondary N) is 1. The number of aliphatic hydroxyl groups is 2. The average Bonchev–Trinajstić information content (AvgIpc) is 3.01. The molecule has 0 aliphatic carbocycles. The Hall–Kier alpha value is -3.18. The Morgan fingerprint density at radius 3 is 2.90 bits per heavy atom. The van der Waals surface area contributed by atoms with Crippen molar-refractivity contribution in [3.05, 3.63) is 64.5 Å². The number of hydrogen-bond acceptors (Lipinski definition) is 5. The monoisotopic (exact) mass is 393 g/mol. The standard InChI is InChI=1S/C22H23N3O4/c1-4-15-7-8-16(14(2)10-15)11-19-20(22(28)24-29-13-17(27)12-26)18-6-5-9-23-21(18)25(19)3/h1,5-10,17,26-27H,11-13H2,2-3H3,(H,24,28)/t17-/m0/s1. The minimum atomic E-state index is -1.07. The highest BCUT2D eigenvalue weighted by Gasteiger charge is 2.23. The van der Waals surface area contributed by atoms with Crippen LogP contribution < -0.4 is 5.48 Å². The highest BCUT2D eigenvalue weighted by molar-refractivity contribution is 6.07. The number of fused-ring (bicyclic) bond motifs is 1. The normalized spacial score (nSPS) is 12.0. The second-order valence-corrected chi connectivity index (χ2v) is 6.80. The molecule has 0 aliphatic heterocycles. The third-order valence-electron chi connectivity index (χ3n) is 4.81. The van der Waals surface area contributed by atoms with Gasteiger partial charge in [-0.3, -0.25) is 9.63 Å². The molecule has 3 rings (SSSR count). The minimum absolute atomic E-state index is 0.215. The van der Waals surface area contributed by atoms with Crippen LogP contribution in [0.1, 0.15) is 32.7 Å². The van der Waals surface area contributed by atoms with Crippen molar-refractivity contribution < 1.29 is 19.8 Å². The van der Waals surface area contributed by atoms with Crippen LogP contribution in [0.5, 0.6) is 0 Å². The number of benzene rings is 1. The molecule has 2 aromatic heterocycles. The second kappa shape index (κ2) is 8.88. The smallest absolute Gasteiger partial charge is 0.277 e. The Morgan fingerprint density at radius 2 is 2.21 bits per heavy atom. The first-order chi connectivity index (χ1) is 14.0. The van der Waals surface area contributed by atoms with Crippen LogP contribution in [0.3, 0.4) is 0 Å². The predicted molar refractivity (Wildman–Crippen MR) is 109 cm³/mol. The predicted octanol–water partition coefficient (Wildman–Crippen LogP) is 1.47. The molecule has 7 heteroatoms. The zero-order valence-electron chi connectivity index (χ0n) is 16.3. The summed E-state index contributed by atoms with van der Waals surface area (Å²) in [5.41, 5.74) is 7.14. The Kier molecular flexibility index (Phi) is 6.29. The molecule has 0 aliphatic rings. The van der Waals surface area contributed by atoms with Crippen molar-refractivity contribution in [2.45, 2.75) is 19.4 Å². The average molecular weight is 393 g/mol. The van der Waals surface area contributed by atoms with Crippen LogP contribution in [-0.2, 0) is 18.3 Å². The number of carbonyl (C=O) groups is 1. The lowest BCUT2D eigenvalue weighted by molar-refractivity contribution is -0.0295. The molecule has 0 radical (unpaired) electrons. The molecule has 7 nitrogen and oxygen atoms in total. The number of hydroxylamine groups is 1. The number of pyridine rings is 1. The zero-order valence-corrected chi connectivity index (χ0v) is 16.3. The van der Waals surface area contributed by atoms with Crippen molar-refractivity contribution in [1.82, 2.24) is 15.0 Å². The summed E-state index contributed by atoms with van der Waals surface area (Å²) in [7, 11) is 1.86. The number of carbonyl (C=O) groups excluding carboxylic acids is 1. The van der Waals surface area contributed by atoms with Crippen LogP contribution in [0.2, 0.25) is 0 Å². The number of hydrogen-bond donors (Lipinski definition) is 3. The number of aromatic nitrogens is 2. The molecule has 150 valence electrons. The first kappa shape index (κ1) is 20.6. The number of terminal acetylenes is 1. The molecule has 0 unspecified atom stereocenters. The van der Waals surface area contributed by atoms with E-state index < -0.39 is 18.6 Å². The van der Waals surface area contributed by atoms with Crippen molar-refractivity contribution in [3.63, 3.8) is 0 Å². The van der Waals surface area contributed by atoms with Gasteiger partial charge in [0.2, 0.25) is 0 Å². The minimum Gasteiger partial charge on any atom is -0.394 e. The Bertz CT molecular complexity index is 1080. The molecule has 0 saturated heterocycles. The van der Waals surface area contributed by atoms with Crippen LogP contribution in [0.4, 0.5) is 0 Å². The van der Waals surface area contributed by atoms with Gasteiger partial charge < -0.3 is 14.8 Å².